The van der Waals surface area contributed by atoms with E-state index >= 15 is 0 Å². The molecule has 0 nitrogen and oxygen atoms in total. The maximum absolute atomic E-state index is 2.39. The van der Waals surface area contributed by atoms with Crippen molar-refractivity contribution in [2.24, 2.45) is 5.92 Å². The summed E-state index contributed by atoms with van der Waals surface area (Å²) in [7, 11) is 0. The normalized spacial score (nSPS) is 34.4. The fraction of sp³-hybridized carbons (Fsp3) is 0.500. The summed E-state index contributed by atoms with van der Waals surface area (Å²) >= 11 is 1.65. The quantitative estimate of drug-likeness (QED) is 0.601. The fourth-order valence-corrected chi connectivity index (χ4v) is 2.79. The second-order valence-electron chi connectivity index (χ2n) is 3.00. The summed E-state index contributed by atoms with van der Waals surface area (Å²) in [5.74, 6) is 0.884. The van der Waals surface area contributed by atoms with Crippen molar-refractivity contribution in [3.8, 4) is 0 Å². The van der Waals surface area contributed by atoms with Gasteiger partial charge in [0.15, 0.2) is 0 Å². The van der Waals surface area contributed by atoms with Crippen molar-refractivity contribution in [3.63, 3.8) is 0 Å². The van der Waals surface area contributed by atoms with Crippen molar-refractivity contribution in [2.45, 2.75) is 16.0 Å². The van der Waals surface area contributed by atoms with Crippen LogP contribution in [0.15, 0.2) is 24.3 Å². The van der Waals surface area contributed by atoms with Crippen LogP contribution in [0.3, 0.4) is 0 Å². The Kier molecular flexibility index (Phi) is 7.66. The molecular formula is C8H12Cl3Zr. The van der Waals surface area contributed by atoms with E-state index in [-0.39, 0.29) is 37.2 Å². The first-order chi connectivity index (χ1) is 4.29. The third kappa shape index (κ3) is 3.18. The van der Waals surface area contributed by atoms with E-state index < -0.39 is 0 Å². The summed E-state index contributed by atoms with van der Waals surface area (Å²) in [6, 6.07) is 0. The third-order valence-electron chi connectivity index (χ3n) is 2.12. The maximum atomic E-state index is 2.39. The standard InChI is InChI=1S/C8H9.3ClH.Zr/c1-2-7-4-5-8(3-1)6-7;;;;/h1-2,4-5,8H,3,6H2;3*1H;. The number of rotatable bonds is 0. The number of halogens is 3. The van der Waals surface area contributed by atoms with Crippen molar-refractivity contribution >= 4 is 37.2 Å². The van der Waals surface area contributed by atoms with Gasteiger partial charge in [-0.1, -0.05) is 0 Å². The van der Waals surface area contributed by atoms with Crippen LogP contribution in [0, 0.1) is 5.92 Å². The second kappa shape index (κ2) is 5.86. The predicted molar refractivity (Wildman–Crippen MR) is 55.4 cm³/mol. The molecule has 0 saturated heterocycles. The molecule has 69 valence electrons. The van der Waals surface area contributed by atoms with Crippen LogP contribution in [0.25, 0.3) is 0 Å². The van der Waals surface area contributed by atoms with Gasteiger partial charge in [-0.25, -0.2) is 0 Å². The van der Waals surface area contributed by atoms with E-state index in [4.69, 9.17) is 0 Å². The first-order valence-corrected chi connectivity index (χ1v) is 4.63. The molecule has 0 aromatic carbocycles. The number of hydrogen-bond donors (Lipinski definition) is 0. The molecule has 4 heteroatoms. The molecule has 2 bridgehead atoms. The Balaban J connectivity index is 0. The molecule has 2 unspecified atom stereocenters. The number of fused-ring (bicyclic) bond motifs is 2. The zero-order valence-corrected chi connectivity index (χ0v) is 11.4. The van der Waals surface area contributed by atoms with Crippen LogP contribution in [0.5, 0.6) is 0 Å². The zero-order valence-electron chi connectivity index (χ0n) is 6.53. The van der Waals surface area contributed by atoms with Crippen molar-refractivity contribution in [3.05, 3.63) is 24.3 Å². The predicted octanol–water partition coefficient (Wildman–Crippen LogP) is 3.49. The summed E-state index contributed by atoms with van der Waals surface area (Å²) < 4.78 is 0.523. The molecule has 0 aromatic heterocycles. The molecule has 0 aromatic rings. The molecule has 0 saturated carbocycles. The summed E-state index contributed by atoms with van der Waals surface area (Å²) in [5.41, 5.74) is 0. The van der Waals surface area contributed by atoms with E-state index in [9.17, 15) is 0 Å². The molecule has 2 rings (SSSR count). The molecule has 0 aliphatic heterocycles. The summed E-state index contributed by atoms with van der Waals surface area (Å²) in [6.45, 7) is 0. The monoisotopic (exact) mass is 303 g/mol. The molecule has 2 aliphatic rings. The topological polar surface area (TPSA) is 0 Å². The average molecular weight is 306 g/mol. The zero-order chi connectivity index (χ0) is 6.32. The Labute approximate surface area is 107 Å². The molecule has 0 N–H and O–H groups in total. The summed E-state index contributed by atoms with van der Waals surface area (Å²) in [6.07, 6.45) is 12.2. The van der Waals surface area contributed by atoms with Crippen LogP contribution < -0.4 is 0 Å². The van der Waals surface area contributed by atoms with Gasteiger partial charge in [-0.2, -0.15) is 0 Å². The molecule has 0 heterocycles. The van der Waals surface area contributed by atoms with Gasteiger partial charge in [0.05, 0.1) is 0 Å². The molecular weight excluding hydrogens is 294 g/mol. The van der Waals surface area contributed by atoms with E-state index in [1.807, 2.05) is 0 Å². The van der Waals surface area contributed by atoms with Gasteiger partial charge >= 0.3 is 70.9 Å². The summed E-state index contributed by atoms with van der Waals surface area (Å²) in [5, 5.41) is 0. The van der Waals surface area contributed by atoms with Gasteiger partial charge in [0.2, 0.25) is 0 Å². The Bertz CT molecular complexity index is 187. The van der Waals surface area contributed by atoms with Gasteiger partial charge in [-0.05, 0) is 0 Å². The van der Waals surface area contributed by atoms with Crippen LogP contribution in [0.1, 0.15) is 12.8 Å². The van der Waals surface area contributed by atoms with Crippen molar-refractivity contribution in [2.75, 3.05) is 0 Å². The first kappa shape index (κ1) is 15.7. The minimum atomic E-state index is 0. The van der Waals surface area contributed by atoms with Crippen LogP contribution in [0.4, 0.5) is 0 Å². The molecule has 2 aliphatic carbocycles. The van der Waals surface area contributed by atoms with Crippen LogP contribution >= 0.6 is 37.2 Å². The molecule has 0 fully saturated rings. The van der Waals surface area contributed by atoms with E-state index in [0.717, 1.165) is 5.92 Å². The van der Waals surface area contributed by atoms with Crippen LogP contribution in [-0.4, -0.2) is 0 Å². The third-order valence-corrected chi connectivity index (χ3v) is 3.44. The van der Waals surface area contributed by atoms with Gasteiger partial charge in [-0.15, -0.1) is 37.2 Å². The Morgan fingerprint density at radius 2 is 1.83 bits per heavy atom. The van der Waals surface area contributed by atoms with E-state index in [0.29, 0.717) is 3.12 Å². The SMILES string of the molecule is Cl.Cl.Cl.[Zr][C]12C=CCC(C=C1)C2. The molecule has 0 radical (unpaired) electrons. The van der Waals surface area contributed by atoms with Gasteiger partial charge < -0.3 is 0 Å². The van der Waals surface area contributed by atoms with Crippen LogP contribution in [-0.2, 0) is 24.7 Å². The van der Waals surface area contributed by atoms with Crippen molar-refractivity contribution in [1.29, 1.82) is 0 Å². The van der Waals surface area contributed by atoms with Crippen LogP contribution in [0.2, 0.25) is 3.12 Å². The van der Waals surface area contributed by atoms with E-state index in [2.05, 4.69) is 24.3 Å². The average Bonchev–Trinajstić information content (AvgIpc) is 2.07. The summed E-state index contributed by atoms with van der Waals surface area (Å²) in [4.78, 5) is 0. The van der Waals surface area contributed by atoms with Gasteiger partial charge in [0, 0.05) is 0 Å². The van der Waals surface area contributed by atoms with Gasteiger partial charge in [0.1, 0.15) is 0 Å². The van der Waals surface area contributed by atoms with Gasteiger partial charge in [0.25, 0.3) is 0 Å². The van der Waals surface area contributed by atoms with E-state index in [1.165, 1.54) is 12.8 Å². The second-order valence-corrected chi connectivity index (χ2v) is 5.29. The fourth-order valence-electron chi connectivity index (χ4n) is 1.62. The number of hydrogen-bond acceptors (Lipinski definition) is 0. The molecule has 0 amide bonds. The van der Waals surface area contributed by atoms with Crippen molar-refractivity contribution < 1.29 is 24.7 Å². The Morgan fingerprint density at radius 3 is 2.33 bits per heavy atom. The molecule has 0 spiro atoms. The molecule has 2 atom stereocenters. The first-order valence-electron chi connectivity index (χ1n) is 3.41. The van der Waals surface area contributed by atoms with Crippen molar-refractivity contribution in [1.82, 2.24) is 0 Å². The Hall–Kier alpha value is 1.23. The molecule has 12 heavy (non-hydrogen) atoms. The minimum absolute atomic E-state index is 0. The van der Waals surface area contributed by atoms with Gasteiger partial charge in [-0.3, -0.25) is 0 Å². The van der Waals surface area contributed by atoms with E-state index in [1.54, 1.807) is 24.7 Å². The Morgan fingerprint density at radius 1 is 1.17 bits per heavy atom. The number of allylic oxidation sites excluding steroid dienone is 4.